The number of nitrogens with zero attached hydrogens (tertiary/aromatic N) is 1. The van der Waals surface area contributed by atoms with Crippen molar-refractivity contribution in [2.45, 2.75) is 39.4 Å². The predicted molar refractivity (Wildman–Crippen MR) is 88.0 cm³/mol. The molecule has 2 N–H and O–H groups in total. The lowest BCUT2D eigenvalue weighted by Crippen LogP contribution is -2.37. The monoisotopic (exact) mass is 302 g/mol. The zero-order valence-electron chi connectivity index (χ0n) is 12.6. The van der Waals surface area contributed by atoms with Gasteiger partial charge in [-0.15, -0.1) is 11.3 Å². The van der Waals surface area contributed by atoms with Crippen LogP contribution in [0.5, 0.6) is 0 Å². The van der Waals surface area contributed by atoms with Crippen molar-refractivity contribution in [1.82, 2.24) is 4.90 Å². The molecule has 0 unspecified atom stereocenters. The second-order valence-electron chi connectivity index (χ2n) is 5.34. The van der Waals surface area contributed by atoms with E-state index in [0.29, 0.717) is 19.5 Å². The number of benzene rings is 1. The minimum absolute atomic E-state index is 0.152. The summed E-state index contributed by atoms with van der Waals surface area (Å²) in [6, 6.07) is 12.2. The van der Waals surface area contributed by atoms with Crippen LogP contribution >= 0.6 is 11.3 Å². The highest BCUT2D eigenvalue weighted by molar-refractivity contribution is 7.09. The summed E-state index contributed by atoms with van der Waals surface area (Å²) in [6.07, 6.45) is 0.414. The van der Waals surface area contributed by atoms with E-state index < -0.39 is 0 Å². The van der Waals surface area contributed by atoms with Gasteiger partial charge in [-0.25, -0.2) is 0 Å². The molecule has 0 fully saturated rings. The Balaban J connectivity index is 2.11. The van der Waals surface area contributed by atoms with E-state index in [4.69, 9.17) is 5.73 Å². The maximum Gasteiger partial charge on any atom is 0.227 e. The molecule has 2 aromatic rings. The summed E-state index contributed by atoms with van der Waals surface area (Å²) >= 11 is 1.69. The van der Waals surface area contributed by atoms with Gasteiger partial charge in [0.15, 0.2) is 0 Å². The van der Waals surface area contributed by atoms with Crippen molar-refractivity contribution in [3.05, 3.63) is 57.8 Å². The normalized spacial score (nSPS) is 10.9. The van der Waals surface area contributed by atoms with Crippen molar-refractivity contribution in [3.63, 3.8) is 0 Å². The van der Waals surface area contributed by atoms with Crippen LogP contribution < -0.4 is 5.73 Å². The van der Waals surface area contributed by atoms with E-state index in [-0.39, 0.29) is 11.9 Å². The van der Waals surface area contributed by atoms with Crippen molar-refractivity contribution in [2.75, 3.05) is 0 Å². The van der Waals surface area contributed by atoms with Gasteiger partial charge in [-0.1, -0.05) is 30.3 Å². The van der Waals surface area contributed by atoms with Gasteiger partial charge >= 0.3 is 0 Å². The molecule has 0 saturated heterocycles. The number of rotatable bonds is 6. The molecule has 2 rings (SSSR count). The summed E-state index contributed by atoms with van der Waals surface area (Å²) in [7, 11) is 0. The highest BCUT2D eigenvalue weighted by Crippen LogP contribution is 2.16. The first-order valence-corrected chi connectivity index (χ1v) is 8.08. The Hall–Kier alpha value is -1.65. The number of hydrogen-bond acceptors (Lipinski definition) is 3. The van der Waals surface area contributed by atoms with Gasteiger partial charge in [0.2, 0.25) is 5.91 Å². The van der Waals surface area contributed by atoms with Gasteiger partial charge in [0.25, 0.3) is 0 Å². The van der Waals surface area contributed by atoms with Crippen LogP contribution in [0.1, 0.15) is 29.9 Å². The van der Waals surface area contributed by atoms with Gasteiger partial charge in [0.1, 0.15) is 0 Å². The van der Waals surface area contributed by atoms with Crippen molar-refractivity contribution in [1.29, 1.82) is 0 Å². The van der Waals surface area contributed by atoms with E-state index in [9.17, 15) is 4.79 Å². The molecule has 1 aromatic carbocycles. The Labute approximate surface area is 130 Å². The first-order valence-electron chi connectivity index (χ1n) is 7.20. The standard InChI is InChI=1S/C17H22N2OS/c1-13(2)19(12-16-8-5-9-21-16)17(20)10-14-6-3-4-7-15(14)11-18/h3-9,13H,10-12,18H2,1-2H3. The number of nitrogens with two attached hydrogens (primary N) is 1. The predicted octanol–water partition coefficient (Wildman–Crippen LogP) is 3.19. The molecule has 0 saturated carbocycles. The highest BCUT2D eigenvalue weighted by Gasteiger charge is 2.18. The first-order chi connectivity index (χ1) is 10.1. The third-order valence-electron chi connectivity index (χ3n) is 3.53. The third kappa shape index (κ3) is 4.16. The molecule has 1 amide bonds. The molecule has 0 atom stereocenters. The topological polar surface area (TPSA) is 46.3 Å². The van der Waals surface area contributed by atoms with E-state index in [1.165, 1.54) is 4.88 Å². The van der Waals surface area contributed by atoms with Crippen LogP contribution in [0.25, 0.3) is 0 Å². The largest absolute Gasteiger partial charge is 0.335 e. The summed E-state index contributed by atoms with van der Waals surface area (Å²) in [4.78, 5) is 15.8. The van der Waals surface area contributed by atoms with Crippen molar-refractivity contribution in [3.8, 4) is 0 Å². The lowest BCUT2D eigenvalue weighted by atomic mass is 10.0. The number of hydrogen-bond donors (Lipinski definition) is 1. The van der Waals surface area contributed by atoms with E-state index in [1.807, 2.05) is 40.6 Å². The molecule has 4 heteroatoms. The van der Waals surface area contributed by atoms with Crippen LogP contribution in [0.4, 0.5) is 0 Å². The van der Waals surface area contributed by atoms with Gasteiger partial charge < -0.3 is 10.6 Å². The molecule has 0 aliphatic heterocycles. The second kappa shape index (κ2) is 7.38. The molecule has 0 radical (unpaired) electrons. The summed E-state index contributed by atoms with van der Waals surface area (Å²) in [5, 5.41) is 2.04. The summed E-state index contributed by atoms with van der Waals surface area (Å²) in [6.45, 7) is 5.26. The van der Waals surface area contributed by atoms with Gasteiger partial charge in [-0.05, 0) is 36.4 Å². The van der Waals surface area contributed by atoms with Gasteiger partial charge in [0.05, 0.1) is 13.0 Å². The zero-order valence-corrected chi connectivity index (χ0v) is 13.4. The number of amides is 1. The van der Waals surface area contributed by atoms with Crippen LogP contribution in [-0.4, -0.2) is 16.8 Å². The minimum atomic E-state index is 0.152. The Bertz CT molecular complexity index is 578. The van der Waals surface area contributed by atoms with Gasteiger partial charge in [-0.2, -0.15) is 0 Å². The van der Waals surface area contributed by atoms with E-state index in [0.717, 1.165) is 11.1 Å². The molecular formula is C17H22N2OS. The lowest BCUT2D eigenvalue weighted by molar-refractivity contribution is -0.132. The maximum absolute atomic E-state index is 12.6. The third-order valence-corrected chi connectivity index (χ3v) is 4.39. The fraction of sp³-hybridized carbons (Fsp3) is 0.353. The van der Waals surface area contributed by atoms with E-state index in [2.05, 4.69) is 19.9 Å². The Kier molecular flexibility index (Phi) is 5.53. The quantitative estimate of drug-likeness (QED) is 0.891. The molecule has 1 aromatic heterocycles. The molecule has 112 valence electrons. The average molecular weight is 302 g/mol. The van der Waals surface area contributed by atoms with Gasteiger partial charge in [-0.3, -0.25) is 4.79 Å². The van der Waals surface area contributed by atoms with E-state index >= 15 is 0 Å². The highest BCUT2D eigenvalue weighted by atomic mass is 32.1. The number of carbonyl (C=O) groups is 1. The molecule has 3 nitrogen and oxygen atoms in total. The summed E-state index contributed by atoms with van der Waals surface area (Å²) in [5.41, 5.74) is 7.83. The zero-order chi connectivity index (χ0) is 15.2. The molecule has 0 aliphatic rings. The number of thiophene rings is 1. The SMILES string of the molecule is CC(C)N(Cc1cccs1)C(=O)Cc1ccccc1CN. The molecular weight excluding hydrogens is 280 g/mol. The summed E-state index contributed by atoms with van der Waals surface area (Å²) < 4.78 is 0. The summed E-state index contributed by atoms with van der Waals surface area (Å²) in [5.74, 6) is 0.152. The van der Waals surface area contributed by atoms with Crippen LogP contribution in [0.15, 0.2) is 41.8 Å². The first kappa shape index (κ1) is 15.7. The molecule has 21 heavy (non-hydrogen) atoms. The maximum atomic E-state index is 12.6. The van der Waals surface area contributed by atoms with Crippen molar-refractivity contribution < 1.29 is 4.79 Å². The van der Waals surface area contributed by atoms with Crippen molar-refractivity contribution >= 4 is 17.2 Å². The van der Waals surface area contributed by atoms with Crippen LogP contribution in [0.3, 0.4) is 0 Å². The smallest absolute Gasteiger partial charge is 0.227 e. The Morgan fingerprint density at radius 1 is 1.19 bits per heavy atom. The number of carbonyl (C=O) groups excluding carboxylic acids is 1. The van der Waals surface area contributed by atoms with Gasteiger partial charge in [0, 0.05) is 17.5 Å². The second-order valence-corrected chi connectivity index (χ2v) is 6.38. The van der Waals surface area contributed by atoms with Crippen LogP contribution in [-0.2, 0) is 24.3 Å². The fourth-order valence-corrected chi connectivity index (χ4v) is 3.03. The average Bonchev–Trinajstić information content (AvgIpc) is 2.98. The van der Waals surface area contributed by atoms with Crippen LogP contribution in [0, 0.1) is 0 Å². The molecule has 1 heterocycles. The Morgan fingerprint density at radius 3 is 2.48 bits per heavy atom. The minimum Gasteiger partial charge on any atom is -0.335 e. The fourth-order valence-electron chi connectivity index (χ4n) is 2.32. The Morgan fingerprint density at radius 2 is 1.90 bits per heavy atom. The lowest BCUT2D eigenvalue weighted by Gasteiger charge is -2.26. The molecule has 0 bridgehead atoms. The van der Waals surface area contributed by atoms with E-state index in [1.54, 1.807) is 11.3 Å². The molecule has 0 aliphatic carbocycles. The van der Waals surface area contributed by atoms with Crippen molar-refractivity contribution in [2.24, 2.45) is 5.73 Å². The van der Waals surface area contributed by atoms with Crippen LogP contribution in [0.2, 0.25) is 0 Å². The molecule has 0 spiro atoms.